The topological polar surface area (TPSA) is 96.0 Å². The lowest BCUT2D eigenvalue weighted by atomic mass is 10.1. The van der Waals surface area contributed by atoms with Crippen molar-refractivity contribution in [3.63, 3.8) is 0 Å². The molecular formula is C22H27Cl2N3O5S. The van der Waals surface area contributed by atoms with Crippen LogP contribution in [-0.4, -0.2) is 57.6 Å². The van der Waals surface area contributed by atoms with E-state index in [4.69, 9.17) is 27.9 Å². The zero-order chi connectivity index (χ0) is 24.8. The van der Waals surface area contributed by atoms with Crippen LogP contribution in [-0.2, 0) is 26.2 Å². The predicted octanol–water partition coefficient (Wildman–Crippen LogP) is 3.32. The molecule has 0 aliphatic rings. The maximum atomic E-state index is 13.4. The summed E-state index contributed by atoms with van der Waals surface area (Å²) in [6.07, 6.45) is 1.00. The molecule has 0 saturated carbocycles. The first-order chi connectivity index (χ1) is 15.5. The van der Waals surface area contributed by atoms with Gasteiger partial charge in [-0.2, -0.15) is 0 Å². The minimum atomic E-state index is -3.86. The van der Waals surface area contributed by atoms with Crippen LogP contribution < -0.4 is 14.4 Å². The smallest absolute Gasteiger partial charge is 0.244 e. The number of amides is 2. The highest BCUT2D eigenvalue weighted by atomic mass is 35.5. The second kappa shape index (κ2) is 11.6. The number of methoxy groups -OCH3 is 1. The third-order valence-corrected chi connectivity index (χ3v) is 6.62. The number of carbonyl (C=O) groups excluding carboxylic acids is 2. The maximum absolute atomic E-state index is 13.4. The van der Waals surface area contributed by atoms with Gasteiger partial charge in [-0.3, -0.25) is 13.9 Å². The van der Waals surface area contributed by atoms with Crippen LogP contribution in [0.25, 0.3) is 0 Å². The summed E-state index contributed by atoms with van der Waals surface area (Å²) in [5.74, 6) is -0.671. The summed E-state index contributed by atoms with van der Waals surface area (Å²) in [6, 6.07) is 10.4. The number of anilines is 1. The lowest BCUT2D eigenvalue weighted by Crippen LogP contribution is -2.51. The van der Waals surface area contributed by atoms with E-state index in [1.54, 1.807) is 50.2 Å². The third-order valence-electron chi connectivity index (χ3n) is 4.91. The summed E-state index contributed by atoms with van der Waals surface area (Å²) in [6.45, 7) is 3.16. The average molecular weight is 516 g/mol. The minimum absolute atomic E-state index is 0.0172. The van der Waals surface area contributed by atoms with Gasteiger partial charge in [-0.15, -0.1) is 0 Å². The standard InChI is InChI=1S/C22H27Cl2N3O5S/c1-5-25-22(29)15(2)26(13-16-10-11-17(23)12-18(16)24)21(28)14-27(33(4,30)31)19-8-6-7-9-20(19)32-3/h6-12,15H,5,13-14H2,1-4H3,(H,25,29)/t15-/m0/s1. The highest BCUT2D eigenvalue weighted by Gasteiger charge is 2.31. The van der Waals surface area contributed by atoms with Gasteiger partial charge in [0.1, 0.15) is 18.3 Å². The fourth-order valence-electron chi connectivity index (χ4n) is 3.17. The number of benzene rings is 2. The molecule has 2 amide bonds. The SMILES string of the molecule is CCNC(=O)[C@H](C)N(Cc1ccc(Cl)cc1Cl)C(=O)CN(c1ccccc1OC)S(C)(=O)=O. The summed E-state index contributed by atoms with van der Waals surface area (Å²) in [4.78, 5) is 27.3. The van der Waals surface area contributed by atoms with Crippen molar-refractivity contribution in [2.24, 2.45) is 0 Å². The van der Waals surface area contributed by atoms with Crippen molar-refractivity contribution in [1.82, 2.24) is 10.2 Å². The summed E-state index contributed by atoms with van der Waals surface area (Å²) in [5.41, 5.74) is 0.778. The van der Waals surface area contributed by atoms with E-state index in [9.17, 15) is 18.0 Å². The van der Waals surface area contributed by atoms with Gasteiger partial charge in [0, 0.05) is 23.1 Å². The molecule has 2 rings (SSSR count). The van der Waals surface area contributed by atoms with Gasteiger partial charge in [0.05, 0.1) is 19.1 Å². The van der Waals surface area contributed by atoms with Crippen molar-refractivity contribution in [2.45, 2.75) is 26.4 Å². The van der Waals surface area contributed by atoms with Gasteiger partial charge in [0.25, 0.3) is 0 Å². The van der Waals surface area contributed by atoms with Gasteiger partial charge in [0.2, 0.25) is 21.8 Å². The average Bonchev–Trinajstić information content (AvgIpc) is 2.75. The molecule has 0 aromatic heterocycles. The Morgan fingerprint density at radius 2 is 1.82 bits per heavy atom. The lowest BCUT2D eigenvalue weighted by molar-refractivity contribution is -0.139. The summed E-state index contributed by atoms with van der Waals surface area (Å²) < 4.78 is 31.4. The zero-order valence-electron chi connectivity index (χ0n) is 18.8. The summed E-state index contributed by atoms with van der Waals surface area (Å²) in [5, 5.41) is 3.44. The number of nitrogens with zero attached hydrogens (tertiary/aromatic N) is 2. The molecule has 33 heavy (non-hydrogen) atoms. The van der Waals surface area contributed by atoms with Crippen molar-refractivity contribution >= 4 is 50.7 Å². The molecule has 0 radical (unpaired) electrons. The number of sulfonamides is 1. The Labute approximate surface area is 204 Å². The highest BCUT2D eigenvalue weighted by Crippen LogP contribution is 2.30. The Kier molecular flexibility index (Phi) is 9.39. The van der Waals surface area contributed by atoms with Crippen LogP contribution in [0.1, 0.15) is 19.4 Å². The van der Waals surface area contributed by atoms with Gasteiger partial charge in [-0.05, 0) is 43.7 Å². The molecule has 1 N–H and O–H groups in total. The molecule has 0 spiro atoms. The monoisotopic (exact) mass is 515 g/mol. The fraction of sp³-hybridized carbons (Fsp3) is 0.364. The van der Waals surface area contributed by atoms with Gasteiger partial charge in [-0.1, -0.05) is 41.4 Å². The molecule has 0 heterocycles. The first kappa shape index (κ1) is 26.8. The van der Waals surface area contributed by atoms with Crippen LogP contribution in [0, 0.1) is 0 Å². The van der Waals surface area contributed by atoms with E-state index in [1.165, 1.54) is 18.1 Å². The number of rotatable bonds is 10. The van der Waals surface area contributed by atoms with Crippen molar-refractivity contribution < 1.29 is 22.7 Å². The number of para-hydroxylation sites is 2. The molecule has 11 heteroatoms. The van der Waals surface area contributed by atoms with Crippen LogP contribution in [0.3, 0.4) is 0 Å². The number of ether oxygens (including phenoxy) is 1. The second-order valence-corrected chi connectivity index (χ2v) is 10.0. The van der Waals surface area contributed by atoms with Crippen molar-refractivity contribution in [3.8, 4) is 5.75 Å². The number of hydrogen-bond acceptors (Lipinski definition) is 5. The van der Waals surface area contributed by atoms with Crippen LogP contribution in [0.2, 0.25) is 10.0 Å². The van der Waals surface area contributed by atoms with Gasteiger partial charge < -0.3 is 15.0 Å². The molecule has 2 aromatic rings. The molecule has 180 valence electrons. The Morgan fingerprint density at radius 1 is 1.15 bits per heavy atom. The van der Waals surface area contributed by atoms with Crippen molar-refractivity contribution in [3.05, 3.63) is 58.1 Å². The normalized spacial score (nSPS) is 12.1. The molecule has 1 atom stereocenters. The van der Waals surface area contributed by atoms with Gasteiger partial charge in [-0.25, -0.2) is 8.42 Å². The minimum Gasteiger partial charge on any atom is -0.495 e. The van der Waals surface area contributed by atoms with E-state index in [2.05, 4.69) is 5.32 Å². The van der Waals surface area contributed by atoms with Crippen LogP contribution in [0.5, 0.6) is 5.75 Å². The number of halogens is 2. The molecular weight excluding hydrogens is 489 g/mol. The van der Waals surface area contributed by atoms with Crippen LogP contribution in [0.15, 0.2) is 42.5 Å². The van der Waals surface area contributed by atoms with E-state index in [1.807, 2.05) is 0 Å². The van der Waals surface area contributed by atoms with Crippen LogP contribution >= 0.6 is 23.2 Å². The number of carbonyl (C=O) groups is 2. The molecule has 0 aliphatic heterocycles. The van der Waals surface area contributed by atoms with E-state index in [0.29, 0.717) is 27.9 Å². The van der Waals surface area contributed by atoms with E-state index < -0.39 is 28.5 Å². The van der Waals surface area contributed by atoms with Gasteiger partial charge >= 0.3 is 0 Å². The molecule has 0 fully saturated rings. The van der Waals surface area contributed by atoms with E-state index in [0.717, 1.165) is 10.6 Å². The summed E-state index contributed by atoms with van der Waals surface area (Å²) >= 11 is 12.3. The fourth-order valence-corrected chi connectivity index (χ4v) is 4.49. The van der Waals surface area contributed by atoms with E-state index >= 15 is 0 Å². The number of hydrogen-bond donors (Lipinski definition) is 1. The molecule has 0 saturated heterocycles. The Balaban J connectivity index is 2.45. The Hall–Kier alpha value is -2.49. The number of likely N-dealkylation sites (N-methyl/N-ethyl adjacent to an activating group) is 1. The highest BCUT2D eigenvalue weighted by molar-refractivity contribution is 7.92. The number of nitrogens with one attached hydrogen (secondary N) is 1. The zero-order valence-corrected chi connectivity index (χ0v) is 21.2. The summed E-state index contributed by atoms with van der Waals surface area (Å²) in [7, 11) is -2.45. The first-order valence-electron chi connectivity index (χ1n) is 10.1. The van der Waals surface area contributed by atoms with Crippen LogP contribution in [0.4, 0.5) is 5.69 Å². The van der Waals surface area contributed by atoms with Gasteiger partial charge in [0.15, 0.2) is 0 Å². The molecule has 8 nitrogen and oxygen atoms in total. The maximum Gasteiger partial charge on any atom is 0.244 e. The Morgan fingerprint density at radius 3 is 2.39 bits per heavy atom. The Bertz CT molecular complexity index is 1110. The predicted molar refractivity (Wildman–Crippen MR) is 130 cm³/mol. The molecule has 0 aliphatic carbocycles. The lowest BCUT2D eigenvalue weighted by Gasteiger charge is -2.32. The van der Waals surface area contributed by atoms with E-state index in [-0.39, 0.29) is 18.1 Å². The molecule has 2 aromatic carbocycles. The molecule has 0 unspecified atom stereocenters. The quantitative estimate of drug-likeness (QED) is 0.523. The van der Waals surface area contributed by atoms with Crippen molar-refractivity contribution in [2.75, 3.05) is 30.8 Å². The van der Waals surface area contributed by atoms with Crippen molar-refractivity contribution in [1.29, 1.82) is 0 Å². The molecule has 0 bridgehead atoms. The third kappa shape index (κ3) is 6.99. The first-order valence-corrected chi connectivity index (χ1v) is 12.7. The largest absolute Gasteiger partial charge is 0.495 e. The second-order valence-electron chi connectivity index (χ2n) is 7.27.